The summed E-state index contributed by atoms with van der Waals surface area (Å²) in [5.74, 6) is -7.07. The zero-order valence-corrected chi connectivity index (χ0v) is 15.2. The molecule has 27 heavy (non-hydrogen) atoms. The number of rotatable bonds is 5. The number of halogens is 4. The minimum atomic E-state index is -1.27. The van der Waals surface area contributed by atoms with Crippen LogP contribution in [0.1, 0.15) is 51.6 Å². The van der Waals surface area contributed by atoms with E-state index in [1.54, 1.807) is 6.92 Å². The van der Waals surface area contributed by atoms with Crippen molar-refractivity contribution >= 4 is 11.8 Å². The van der Waals surface area contributed by atoms with Crippen LogP contribution >= 0.6 is 0 Å². The van der Waals surface area contributed by atoms with Gasteiger partial charge < -0.3 is 0 Å². The monoisotopic (exact) mass is 381 g/mol. The van der Waals surface area contributed by atoms with E-state index in [0.29, 0.717) is 17.7 Å². The number of hydrogen-bond donors (Lipinski definition) is 0. The van der Waals surface area contributed by atoms with Crippen LogP contribution in [0, 0.1) is 37.1 Å². The van der Waals surface area contributed by atoms with E-state index in [4.69, 9.17) is 0 Å². The second-order valence-electron chi connectivity index (χ2n) is 6.22. The number of carbonyl (C=O) groups excluding carboxylic acids is 2. The normalized spacial score (nSPS) is 10.8. The average molecular weight is 381 g/mol. The number of imide groups is 1. The molecule has 144 valence electrons. The molecule has 0 fully saturated rings. The summed E-state index contributed by atoms with van der Waals surface area (Å²) in [6, 6.07) is 4.11. The van der Waals surface area contributed by atoms with Crippen LogP contribution in [0.15, 0.2) is 24.3 Å². The molecule has 0 atom stereocenters. The fourth-order valence-corrected chi connectivity index (χ4v) is 2.59. The molecule has 0 saturated heterocycles. The quantitative estimate of drug-likeness (QED) is 0.543. The van der Waals surface area contributed by atoms with Crippen molar-refractivity contribution in [1.82, 2.24) is 4.90 Å². The third kappa shape index (κ3) is 4.02. The van der Waals surface area contributed by atoms with Gasteiger partial charge in [-0.1, -0.05) is 25.5 Å². The topological polar surface area (TPSA) is 37.4 Å². The third-order valence-corrected chi connectivity index (χ3v) is 4.22. The van der Waals surface area contributed by atoms with Gasteiger partial charge in [-0.2, -0.15) is 0 Å². The summed E-state index contributed by atoms with van der Waals surface area (Å²) in [4.78, 5) is 26.0. The predicted octanol–water partition coefficient (Wildman–Crippen LogP) is 4.94. The van der Waals surface area contributed by atoms with E-state index in [9.17, 15) is 27.2 Å². The highest BCUT2D eigenvalue weighted by atomic mass is 19.1. The number of carbonyl (C=O) groups is 2. The van der Waals surface area contributed by atoms with Crippen molar-refractivity contribution in [2.24, 2.45) is 0 Å². The van der Waals surface area contributed by atoms with Crippen molar-refractivity contribution in [3.8, 4) is 0 Å². The summed E-state index contributed by atoms with van der Waals surface area (Å²) in [5.41, 5.74) is -1.83. The molecule has 0 spiro atoms. The number of benzene rings is 2. The van der Waals surface area contributed by atoms with Crippen LogP contribution in [0.3, 0.4) is 0 Å². The first-order valence-corrected chi connectivity index (χ1v) is 8.46. The Morgan fingerprint density at radius 2 is 1.22 bits per heavy atom. The Labute approximate surface area is 154 Å². The zero-order chi connectivity index (χ0) is 20.3. The van der Waals surface area contributed by atoms with Crippen LogP contribution < -0.4 is 0 Å². The highest BCUT2D eigenvalue weighted by Crippen LogP contribution is 2.23. The highest BCUT2D eigenvalue weighted by molar-refractivity contribution is 6.10. The predicted molar refractivity (Wildman–Crippen MR) is 92.5 cm³/mol. The Hall–Kier alpha value is -2.70. The molecule has 0 heterocycles. The first-order valence-electron chi connectivity index (χ1n) is 8.46. The summed E-state index contributed by atoms with van der Waals surface area (Å²) >= 11 is 0. The summed E-state index contributed by atoms with van der Waals surface area (Å²) in [7, 11) is 0. The van der Waals surface area contributed by atoms with Gasteiger partial charge in [-0.25, -0.2) is 17.6 Å². The van der Waals surface area contributed by atoms with E-state index in [0.717, 1.165) is 24.3 Å². The first-order chi connectivity index (χ1) is 12.7. The largest absolute Gasteiger partial charge is 0.274 e. The van der Waals surface area contributed by atoms with Crippen molar-refractivity contribution in [1.29, 1.82) is 0 Å². The average Bonchev–Trinajstić information content (AvgIpc) is 2.62. The molecule has 0 aliphatic rings. The molecule has 0 aromatic heterocycles. The van der Waals surface area contributed by atoms with Gasteiger partial charge in [-0.05, 0) is 43.5 Å². The highest BCUT2D eigenvalue weighted by Gasteiger charge is 2.32. The molecule has 7 heteroatoms. The molecule has 2 amide bonds. The lowest BCUT2D eigenvalue weighted by atomic mass is 10.1. The molecule has 0 unspecified atom stereocenters. The van der Waals surface area contributed by atoms with E-state index >= 15 is 0 Å². The Bertz CT molecular complexity index is 827. The van der Waals surface area contributed by atoms with E-state index < -0.39 is 46.2 Å². The maximum Gasteiger partial charge on any atom is 0.266 e. The molecule has 0 bridgehead atoms. The Morgan fingerprint density at radius 3 is 1.59 bits per heavy atom. The SMILES string of the molecule is CCCCN(C(=O)c1c(F)ccc(C)c1F)C(=O)c1c(F)ccc(C)c1F. The molecule has 2 aromatic carbocycles. The second-order valence-corrected chi connectivity index (χ2v) is 6.22. The fourth-order valence-electron chi connectivity index (χ4n) is 2.59. The van der Waals surface area contributed by atoms with E-state index in [2.05, 4.69) is 0 Å². The molecular formula is C20H19F4NO2. The smallest absolute Gasteiger partial charge is 0.266 e. The minimum Gasteiger partial charge on any atom is -0.274 e. The van der Waals surface area contributed by atoms with Gasteiger partial charge in [0, 0.05) is 6.54 Å². The lowest BCUT2D eigenvalue weighted by molar-refractivity contribution is 0.0603. The van der Waals surface area contributed by atoms with Crippen molar-refractivity contribution in [2.75, 3.05) is 6.54 Å². The lowest BCUT2D eigenvalue weighted by Gasteiger charge is -2.22. The van der Waals surface area contributed by atoms with Gasteiger partial charge in [-0.15, -0.1) is 0 Å². The van der Waals surface area contributed by atoms with E-state index in [1.165, 1.54) is 13.8 Å². The number of aryl methyl sites for hydroxylation is 2. The summed E-state index contributed by atoms with van der Waals surface area (Å²) < 4.78 is 56.9. The summed E-state index contributed by atoms with van der Waals surface area (Å²) in [5, 5.41) is 0. The molecule has 0 aliphatic carbocycles. The molecule has 0 aliphatic heterocycles. The Kier molecular flexibility index (Phi) is 6.36. The van der Waals surface area contributed by atoms with Gasteiger partial charge >= 0.3 is 0 Å². The number of unbranched alkanes of at least 4 members (excludes halogenated alkanes) is 1. The molecule has 3 nitrogen and oxygen atoms in total. The van der Waals surface area contributed by atoms with Crippen molar-refractivity contribution in [3.63, 3.8) is 0 Å². The second kappa shape index (κ2) is 8.33. The van der Waals surface area contributed by atoms with Gasteiger partial charge in [0.1, 0.15) is 34.4 Å². The van der Waals surface area contributed by atoms with Gasteiger partial charge in [0.05, 0.1) is 0 Å². The fraction of sp³-hybridized carbons (Fsp3) is 0.300. The van der Waals surface area contributed by atoms with Gasteiger partial charge in [0.25, 0.3) is 11.8 Å². The van der Waals surface area contributed by atoms with Crippen molar-refractivity contribution < 1.29 is 27.2 Å². The van der Waals surface area contributed by atoms with Crippen LogP contribution in [-0.2, 0) is 0 Å². The number of amides is 2. The van der Waals surface area contributed by atoms with Crippen molar-refractivity contribution in [2.45, 2.75) is 33.6 Å². The molecule has 2 rings (SSSR count). The third-order valence-electron chi connectivity index (χ3n) is 4.22. The number of hydrogen-bond acceptors (Lipinski definition) is 2. The number of nitrogens with zero attached hydrogens (tertiary/aromatic N) is 1. The van der Waals surface area contributed by atoms with Crippen LogP contribution in [0.5, 0.6) is 0 Å². The first kappa shape index (κ1) is 20.6. The van der Waals surface area contributed by atoms with E-state index in [1.807, 2.05) is 0 Å². The maximum atomic E-state index is 14.3. The molecule has 2 aromatic rings. The summed E-state index contributed by atoms with van der Waals surface area (Å²) in [6.45, 7) is 4.22. The van der Waals surface area contributed by atoms with Crippen LogP contribution in [0.25, 0.3) is 0 Å². The Morgan fingerprint density at radius 1 is 0.815 bits per heavy atom. The maximum absolute atomic E-state index is 14.3. The van der Waals surface area contributed by atoms with Gasteiger partial charge in [-0.3, -0.25) is 14.5 Å². The standard InChI is InChI=1S/C20H19F4NO2/c1-4-5-10-25(19(26)15-13(21)8-6-11(2)17(15)23)20(27)16-14(22)9-7-12(3)18(16)24/h6-9H,4-5,10H2,1-3H3. The molecule has 0 N–H and O–H groups in total. The molecule has 0 radical (unpaired) electrons. The van der Waals surface area contributed by atoms with Crippen LogP contribution in [0.2, 0.25) is 0 Å². The minimum absolute atomic E-state index is 0.00978. The molecular weight excluding hydrogens is 362 g/mol. The van der Waals surface area contributed by atoms with Crippen molar-refractivity contribution in [3.05, 3.63) is 69.8 Å². The van der Waals surface area contributed by atoms with Crippen LogP contribution in [0.4, 0.5) is 17.6 Å². The van der Waals surface area contributed by atoms with Gasteiger partial charge in [0.15, 0.2) is 0 Å². The van der Waals surface area contributed by atoms with E-state index in [-0.39, 0.29) is 17.7 Å². The Balaban J connectivity index is 2.57. The lowest BCUT2D eigenvalue weighted by Crippen LogP contribution is -2.39. The zero-order valence-electron chi connectivity index (χ0n) is 15.2. The van der Waals surface area contributed by atoms with Gasteiger partial charge in [0.2, 0.25) is 0 Å². The molecule has 0 saturated carbocycles. The van der Waals surface area contributed by atoms with Crippen LogP contribution in [-0.4, -0.2) is 23.3 Å². The summed E-state index contributed by atoms with van der Waals surface area (Å²) in [6.07, 6.45) is 0.857.